The maximum Gasteiger partial charge on any atom is 0.220 e. The number of carbonyl (C=O) groups excluding carboxylic acids is 1. The highest BCUT2D eigenvalue weighted by Gasteiger charge is 2.17. The molecule has 0 bridgehead atoms. The number of nitrogens with two attached hydrogens (primary N) is 1. The average Bonchev–Trinajstić information content (AvgIpc) is 2.87. The third kappa shape index (κ3) is 3.97. The highest BCUT2D eigenvalue weighted by atomic mass is 16.1. The molecule has 1 aliphatic heterocycles. The summed E-state index contributed by atoms with van der Waals surface area (Å²) in [5.41, 5.74) is 8.31. The van der Waals surface area contributed by atoms with E-state index in [4.69, 9.17) is 5.73 Å². The molecule has 20 heavy (non-hydrogen) atoms. The molecule has 0 fully saturated rings. The van der Waals surface area contributed by atoms with Crippen LogP contribution in [0.15, 0.2) is 24.3 Å². The average molecular weight is 275 g/mol. The predicted octanol–water partition coefficient (Wildman–Crippen LogP) is 1.54. The number of carbonyl (C=O) groups is 1. The lowest BCUT2D eigenvalue weighted by Gasteiger charge is -2.19. The van der Waals surface area contributed by atoms with Crippen LogP contribution in [0.2, 0.25) is 0 Å². The fraction of sp³-hybridized carbons (Fsp3) is 0.562. The topological polar surface area (TPSA) is 58.4 Å². The lowest BCUT2D eigenvalue weighted by atomic mass is 10.1. The van der Waals surface area contributed by atoms with Crippen LogP contribution < -0.4 is 16.0 Å². The van der Waals surface area contributed by atoms with Crippen molar-refractivity contribution in [3.63, 3.8) is 0 Å². The number of benzene rings is 1. The number of rotatable bonds is 7. The normalized spacial score (nSPS) is 15.0. The van der Waals surface area contributed by atoms with E-state index in [-0.39, 0.29) is 11.8 Å². The van der Waals surface area contributed by atoms with Crippen LogP contribution >= 0.6 is 0 Å². The quantitative estimate of drug-likeness (QED) is 0.742. The summed E-state index contributed by atoms with van der Waals surface area (Å²) in [6.45, 7) is 5.41. The van der Waals surface area contributed by atoms with Gasteiger partial charge in [-0.25, -0.2) is 0 Å². The van der Waals surface area contributed by atoms with Crippen molar-refractivity contribution in [2.45, 2.75) is 26.2 Å². The number of hydrogen-bond acceptors (Lipinski definition) is 3. The van der Waals surface area contributed by atoms with Crippen molar-refractivity contribution in [2.75, 3.05) is 31.1 Å². The second-order valence-corrected chi connectivity index (χ2v) is 5.61. The lowest BCUT2D eigenvalue weighted by Crippen LogP contribution is -2.30. The summed E-state index contributed by atoms with van der Waals surface area (Å²) in [6, 6.07) is 8.57. The molecule has 0 radical (unpaired) electrons. The zero-order chi connectivity index (χ0) is 14.4. The Bertz CT molecular complexity index is 447. The van der Waals surface area contributed by atoms with E-state index < -0.39 is 0 Å². The maximum atomic E-state index is 11.6. The van der Waals surface area contributed by atoms with Crippen LogP contribution in [0.4, 0.5) is 5.69 Å². The second kappa shape index (κ2) is 7.29. The first kappa shape index (κ1) is 14.9. The Morgan fingerprint density at radius 2 is 2.25 bits per heavy atom. The first-order chi connectivity index (χ1) is 9.70. The van der Waals surface area contributed by atoms with Crippen LogP contribution in [0.5, 0.6) is 0 Å². The highest BCUT2D eigenvalue weighted by Crippen LogP contribution is 2.27. The van der Waals surface area contributed by atoms with Gasteiger partial charge in [-0.3, -0.25) is 4.79 Å². The Balaban J connectivity index is 1.66. The van der Waals surface area contributed by atoms with Crippen molar-refractivity contribution in [3.8, 4) is 0 Å². The molecule has 0 aromatic heterocycles. The van der Waals surface area contributed by atoms with Crippen molar-refractivity contribution >= 4 is 11.6 Å². The zero-order valence-electron chi connectivity index (χ0n) is 12.3. The second-order valence-electron chi connectivity index (χ2n) is 5.61. The van der Waals surface area contributed by atoms with Crippen molar-refractivity contribution in [1.29, 1.82) is 0 Å². The highest BCUT2D eigenvalue weighted by molar-refractivity contribution is 5.76. The van der Waals surface area contributed by atoms with Gasteiger partial charge in [-0.05, 0) is 36.9 Å². The lowest BCUT2D eigenvalue weighted by molar-refractivity contribution is -0.121. The Morgan fingerprint density at radius 3 is 3.05 bits per heavy atom. The first-order valence-corrected chi connectivity index (χ1v) is 7.50. The molecule has 0 spiro atoms. The van der Waals surface area contributed by atoms with Crippen LogP contribution in [0.1, 0.15) is 25.3 Å². The summed E-state index contributed by atoms with van der Waals surface area (Å²) in [5.74, 6) is 0.380. The summed E-state index contributed by atoms with van der Waals surface area (Å²) in [6.07, 6.45) is 2.65. The van der Waals surface area contributed by atoms with Gasteiger partial charge in [0.25, 0.3) is 0 Å². The van der Waals surface area contributed by atoms with E-state index in [2.05, 4.69) is 34.5 Å². The minimum Gasteiger partial charge on any atom is -0.371 e. The van der Waals surface area contributed by atoms with Gasteiger partial charge in [-0.15, -0.1) is 0 Å². The van der Waals surface area contributed by atoms with Crippen molar-refractivity contribution in [3.05, 3.63) is 29.8 Å². The molecule has 1 aromatic carbocycles. The molecule has 1 unspecified atom stereocenters. The molecule has 0 aliphatic carbocycles. The van der Waals surface area contributed by atoms with Gasteiger partial charge in [-0.2, -0.15) is 0 Å². The molecule has 2 rings (SSSR count). The molecular formula is C16H25N3O. The van der Waals surface area contributed by atoms with Gasteiger partial charge in [0.1, 0.15) is 0 Å². The van der Waals surface area contributed by atoms with E-state index in [1.807, 2.05) is 6.92 Å². The minimum absolute atomic E-state index is 0.116. The third-order valence-corrected chi connectivity index (χ3v) is 3.85. The summed E-state index contributed by atoms with van der Waals surface area (Å²) in [7, 11) is 0. The van der Waals surface area contributed by atoms with E-state index in [0.29, 0.717) is 13.0 Å². The fourth-order valence-electron chi connectivity index (χ4n) is 2.61. The Hall–Kier alpha value is -1.55. The molecule has 0 saturated heterocycles. The molecule has 1 heterocycles. The third-order valence-electron chi connectivity index (χ3n) is 3.85. The molecule has 110 valence electrons. The van der Waals surface area contributed by atoms with Gasteiger partial charge in [0, 0.05) is 31.7 Å². The number of amides is 1. The Labute approximate surface area is 121 Å². The van der Waals surface area contributed by atoms with E-state index in [1.54, 1.807) is 0 Å². The Kier molecular flexibility index (Phi) is 5.41. The van der Waals surface area contributed by atoms with E-state index >= 15 is 0 Å². The van der Waals surface area contributed by atoms with Crippen LogP contribution in [-0.2, 0) is 11.2 Å². The van der Waals surface area contributed by atoms with E-state index in [9.17, 15) is 4.79 Å². The van der Waals surface area contributed by atoms with Crippen molar-refractivity contribution < 1.29 is 4.79 Å². The van der Waals surface area contributed by atoms with Gasteiger partial charge in [0.2, 0.25) is 5.91 Å². The van der Waals surface area contributed by atoms with Crippen molar-refractivity contribution in [2.24, 2.45) is 11.7 Å². The summed E-state index contributed by atoms with van der Waals surface area (Å²) < 4.78 is 0. The van der Waals surface area contributed by atoms with E-state index in [1.165, 1.54) is 11.3 Å². The number of anilines is 1. The molecule has 4 heteroatoms. The van der Waals surface area contributed by atoms with Crippen molar-refractivity contribution in [1.82, 2.24) is 5.32 Å². The molecule has 1 amide bonds. The number of fused-ring (bicyclic) bond motifs is 1. The zero-order valence-corrected chi connectivity index (χ0v) is 12.3. The van der Waals surface area contributed by atoms with Gasteiger partial charge in [-0.1, -0.05) is 25.1 Å². The fourth-order valence-corrected chi connectivity index (χ4v) is 2.61. The summed E-state index contributed by atoms with van der Waals surface area (Å²) in [5, 5.41) is 2.97. The minimum atomic E-state index is 0.116. The van der Waals surface area contributed by atoms with Gasteiger partial charge >= 0.3 is 0 Å². The summed E-state index contributed by atoms with van der Waals surface area (Å²) in [4.78, 5) is 14.0. The Morgan fingerprint density at radius 1 is 1.45 bits per heavy atom. The molecule has 0 saturated carbocycles. The van der Waals surface area contributed by atoms with Gasteiger partial charge in [0.05, 0.1) is 0 Å². The molecular weight excluding hydrogens is 250 g/mol. The number of nitrogens with one attached hydrogen (secondary N) is 1. The molecule has 1 aromatic rings. The van der Waals surface area contributed by atoms with Gasteiger partial charge < -0.3 is 16.0 Å². The monoisotopic (exact) mass is 275 g/mol. The number of hydrogen-bond donors (Lipinski definition) is 2. The predicted molar refractivity (Wildman–Crippen MR) is 82.8 cm³/mol. The van der Waals surface area contributed by atoms with E-state index in [0.717, 1.165) is 32.5 Å². The van der Waals surface area contributed by atoms with Crippen LogP contribution in [-0.4, -0.2) is 32.1 Å². The molecule has 3 N–H and O–H groups in total. The van der Waals surface area contributed by atoms with Crippen LogP contribution in [0, 0.1) is 5.92 Å². The summed E-state index contributed by atoms with van der Waals surface area (Å²) >= 11 is 0. The smallest absolute Gasteiger partial charge is 0.220 e. The molecule has 4 nitrogen and oxygen atoms in total. The number of nitrogens with zero attached hydrogens (tertiary/aromatic N) is 1. The van der Waals surface area contributed by atoms with Gasteiger partial charge in [0.15, 0.2) is 0 Å². The molecule has 1 atom stereocenters. The SMILES string of the molecule is CC(CN)CC(=O)NCCCN1CCc2ccccc21. The number of para-hydroxylation sites is 1. The van der Waals surface area contributed by atoms with Crippen LogP contribution in [0.25, 0.3) is 0 Å². The van der Waals surface area contributed by atoms with Crippen LogP contribution in [0.3, 0.4) is 0 Å². The first-order valence-electron chi connectivity index (χ1n) is 7.50. The largest absolute Gasteiger partial charge is 0.371 e. The maximum absolute atomic E-state index is 11.6. The molecule has 1 aliphatic rings. The standard InChI is InChI=1S/C16H25N3O/c1-13(12-17)11-16(20)18-8-4-9-19-10-7-14-5-2-3-6-15(14)19/h2-3,5-6,13H,4,7-12,17H2,1H3,(H,18,20).